The Labute approximate surface area is 195 Å². The van der Waals surface area contributed by atoms with Crippen molar-refractivity contribution in [2.45, 2.75) is 20.0 Å². The smallest absolute Gasteiger partial charge is 0.323 e. The molecule has 0 radical (unpaired) electrons. The quantitative estimate of drug-likeness (QED) is 0.608. The lowest BCUT2D eigenvalue weighted by Crippen LogP contribution is -2.67. The van der Waals surface area contributed by atoms with E-state index in [1.807, 2.05) is 31.2 Å². The fraction of sp³-hybridized carbons (Fsp3) is 0.333. The van der Waals surface area contributed by atoms with Gasteiger partial charge in [0.15, 0.2) is 5.13 Å². The third kappa shape index (κ3) is 4.09. The van der Waals surface area contributed by atoms with E-state index >= 15 is 0 Å². The number of hydrogen-bond donors (Lipinski definition) is 2. The number of nitriles is 1. The predicted molar refractivity (Wildman–Crippen MR) is 125 cm³/mol. The lowest BCUT2D eigenvalue weighted by molar-refractivity contribution is -0.174. The Morgan fingerprint density at radius 2 is 2.06 bits per heavy atom. The molecule has 2 amide bonds. The van der Waals surface area contributed by atoms with Gasteiger partial charge in [-0.2, -0.15) is 5.26 Å². The number of aliphatic hydroxyl groups excluding tert-OH is 1. The summed E-state index contributed by atoms with van der Waals surface area (Å²) in [6.07, 6.45) is -0.713. The van der Waals surface area contributed by atoms with Crippen LogP contribution in [0.15, 0.2) is 36.4 Å². The average molecular weight is 462 g/mol. The van der Waals surface area contributed by atoms with Gasteiger partial charge < -0.3 is 14.7 Å². The van der Waals surface area contributed by atoms with Crippen LogP contribution >= 0.6 is 11.3 Å². The molecule has 1 spiro atoms. The molecule has 8 nitrogen and oxygen atoms in total. The monoisotopic (exact) mass is 461 g/mol. The third-order valence-electron chi connectivity index (χ3n) is 5.93. The van der Waals surface area contributed by atoms with Crippen molar-refractivity contribution in [1.82, 2.24) is 14.9 Å². The second kappa shape index (κ2) is 8.23. The van der Waals surface area contributed by atoms with Crippen LogP contribution in [0.25, 0.3) is 21.7 Å². The molecule has 2 aliphatic heterocycles. The Bertz CT molecular complexity index is 1270. The largest absolute Gasteiger partial charge is 0.387 e. The molecule has 2 saturated heterocycles. The molecule has 4 heterocycles. The highest BCUT2D eigenvalue weighted by Gasteiger charge is 2.50. The molecule has 0 bridgehead atoms. The Kier molecular flexibility index (Phi) is 5.37. The standard InChI is InChI=1S/C24H23N5O3S/c1-14-6-18(8-19(26-14)15(2)30)21-20(17-5-3-4-16(7-17)9-25)27-22(33-21)28-23(31)29-10-24(11-29)12-32-13-24/h3-8,15,30H,10-13H2,1-2H3,(H,27,28,31)/t15-/m1/s1. The van der Waals surface area contributed by atoms with Crippen LogP contribution in [0.1, 0.15) is 30.0 Å². The summed E-state index contributed by atoms with van der Waals surface area (Å²) in [4.78, 5) is 24.5. The molecule has 2 N–H and O–H groups in total. The minimum absolute atomic E-state index is 0.139. The maximum atomic E-state index is 12.8. The molecule has 9 heteroatoms. The SMILES string of the molecule is Cc1cc(-c2sc(NC(=O)N3CC4(COC4)C3)nc2-c2cccc(C#N)c2)cc([C@@H](C)O)n1. The summed E-state index contributed by atoms with van der Waals surface area (Å²) in [6.45, 7) is 6.35. The summed E-state index contributed by atoms with van der Waals surface area (Å²) in [5.41, 5.74) is 4.30. The number of rotatable bonds is 4. The van der Waals surface area contributed by atoms with Crippen molar-refractivity contribution in [3.63, 3.8) is 0 Å². The third-order valence-corrected chi connectivity index (χ3v) is 6.95. The van der Waals surface area contributed by atoms with Gasteiger partial charge in [0.2, 0.25) is 0 Å². The number of aryl methyl sites for hydroxylation is 1. The van der Waals surface area contributed by atoms with E-state index in [9.17, 15) is 15.2 Å². The number of aliphatic hydroxyl groups is 1. The second-order valence-corrected chi connectivity index (χ2v) is 9.77. The van der Waals surface area contributed by atoms with Crippen molar-refractivity contribution in [1.29, 1.82) is 5.26 Å². The lowest BCUT2D eigenvalue weighted by atomic mass is 9.78. The zero-order valence-corrected chi connectivity index (χ0v) is 19.1. The van der Waals surface area contributed by atoms with Crippen molar-refractivity contribution >= 4 is 22.5 Å². The number of ether oxygens (including phenoxy) is 1. The highest BCUT2D eigenvalue weighted by Crippen LogP contribution is 2.41. The van der Waals surface area contributed by atoms with E-state index in [-0.39, 0.29) is 11.4 Å². The molecule has 2 fully saturated rings. The normalized spacial score (nSPS) is 17.1. The summed E-state index contributed by atoms with van der Waals surface area (Å²) < 4.78 is 5.28. The number of anilines is 1. The summed E-state index contributed by atoms with van der Waals surface area (Å²) in [7, 11) is 0. The van der Waals surface area contributed by atoms with Crippen molar-refractivity contribution in [3.05, 3.63) is 53.3 Å². The van der Waals surface area contributed by atoms with Gasteiger partial charge in [-0.3, -0.25) is 10.3 Å². The molecule has 0 saturated carbocycles. The molecule has 1 aromatic carbocycles. The first-order valence-corrected chi connectivity index (χ1v) is 11.5. The average Bonchev–Trinajstić information content (AvgIpc) is 3.15. The minimum Gasteiger partial charge on any atom is -0.387 e. The fourth-order valence-corrected chi connectivity index (χ4v) is 5.16. The summed E-state index contributed by atoms with van der Waals surface area (Å²) in [5.74, 6) is 0. The van der Waals surface area contributed by atoms with Gasteiger partial charge >= 0.3 is 6.03 Å². The van der Waals surface area contributed by atoms with Gasteiger partial charge in [0.05, 0.1) is 52.6 Å². The summed E-state index contributed by atoms with van der Waals surface area (Å²) in [6, 6.07) is 13.0. The van der Waals surface area contributed by atoms with Crippen LogP contribution in [0.2, 0.25) is 0 Å². The van der Waals surface area contributed by atoms with E-state index < -0.39 is 6.10 Å². The molecule has 168 valence electrons. The first kappa shape index (κ1) is 21.5. The molecule has 1 atom stereocenters. The van der Waals surface area contributed by atoms with Crippen molar-refractivity contribution in [2.24, 2.45) is 5.41 Å². The molecule has 2 aromatic heterocycles. The number of nitrogens with one attached hydrogen (secondary N) is 1. The van der Waals surface area contributed by atoms with Crippen molar-refractivity contribution < 1.29 is 14.6 Å². The topological polar surface area (TPSA) is 111 Å². The number of hydrogen-bond acceptors (Lipinski definition) is 7. The summed E-state index contributed by atoms with van der Waals surface area (Å²) >= 11 is 1.36. The van der Waals surface area contributed by atoms with Gasteiger partial charge in [0.25, 0.3) is 0 Å². The number of carbonyl (C=O) groups excluding carboxylic acids is 1. The fourth-order valence-electron chi connectivity index (χ4n) is 4.19. The van der Waals surface area contributed by atoms with Gasteiger partial charge in [-0.15, -0.1) is 0 Å². The van der Waals surface area contributed by atoms with Crippen LogP contribution in [0.4, 0.5) is 9.93 Å². The molecule has 5 rings (SSSR count). The number of pyridine rings is 1. The lowest BCUT2D eigenvalue weighted by Gasteiger charge is -2.54. The van der Waals surface area contributed by atoms with E-state index in [1.54, 1.807) is 24.0 Å². The van der Waals surface area contributed by atoms with E-state index in [0.717, 1.165) is 21.7 Å². The van der Waals surface area contributed by atoms with E-state index in [2.05, 4.69) is 16.4 Å². The Balaban J connectivity index is 1.51. The van der Waals surface area contributed by atoms with Crippen molar-refractivity contribution in [2.75, 3.05) is 31.6 Å². The van der Waals surface area contributed by atoms with Gasteiger partial charge in [0.1, 0.15) is 0 Å². The number of carbonyl (C=O) groups is 1. The van der Waals surface area contributed by atoms with Gasteiger partial charge in [-0.25, -0.2) is 9.78 Å². The van der Waals surface area contributed by atoms with Crippen LogP contribution in [0, 0.1) is 23.7 Å². The molecular formula is C24H23N5O3S. The number of benzene rings is 1. The molecule has 0 aliphatic carbocycles. The second-order valence-electron chi connectivity index (χ2n) is 8.77. The highest BCUT2D eigenvalue weighted by molar-refractivity contribution is 7.19. The Hall–Kier alpha value is -3.32. The maximum absolute atomic E-state index is 12.8. The van der Waals surface area contributed by atoms with Gasteiger partial charge in [-0.05, 0) is 43.7 Å². The van der Waals surface area contributed by atoms with E-state index in [0.29, 0.717) is 48.4 Å². The zero-order chi connectivity index (χ0) is 23.2. The number of nitrogens with zero attached hydrogens (tertiary/aromatic N) is 4. The van der Waals surface area contributed by atoms with Crippen LogP contribution in [0.3, 0.4) is 0 Å². The number of likely N-dealkylation sites (tertiary alicyclic amines) is 1. The van der Waals surface area contributed by atoms with Crippen LogP contribution in [-0.2, 0) is 4.74 Å². The molecule has 2 aliphatic rings. The van der Waals surface area contributed by atoms with E-state index in [1.165, 1.54) is 11.3 Å². The zero-order valence-electron chi connectivity index (χ0n) is 18.3. The summed E-state index contributed by atoms with van der Waals surface area (Å²) in [5, 5.41) is 22.8. The molecule has 33 heavy (non-hydrogen) atoms. The first-order valence-electron chi connectivity index (χ1n) is 10.7. The predicted octanol–water partition coefficient (Wildman–Crippen LogP) is 3.97. The van der Waals surface area contributed by atoms with Gasteiger partial charge in [0, 0.05) is 24.3 Å². The van der Waals surface area contributed by atoms with Crippen LogP contribution < -0.4 is 5.32 Å². The molecule has 3 aromatic rings. The van der Waals surface area contributed by atoms with Crippen molar-refractivity contribution in [3.8, 4) is 27.8 Å². The number of thiazole rings is 1. The Morgan fingerprint density at radius 3 is 2.73 bits per heavy atom. The Morgan fingerprint density at radius 1 is 1.27 bits per heavy atom. The first-order chi connectivity index (χ1) is 15.9. The molecule has 0 unspecified atom stereocenters. The maximum Gasteiger partial charge on any atom is 0.323 e. The van der Waals surface area contributed by atoms with Crippen LogP contribution in [0.5, 0.6) is 0 Å². The number of aromatic nitrogens is 2. The van der Waals surface area contributed by atoms with E-state index in [4.69, 9.17) is 9.72 Å². The van der Waals surface area contributed by atoms with Crippen LogP contribution in [-0.4, -0.2) is 52.3 Å². The highest BCUT2D eigenvalue weighted by atomic mass is 32.1. The minimum atomic E-state index is -0.713. The number of urea groups is 1. The number of amides is 2. The van der Waals surface area contributed by atoms with Gasteiger partial charge in [-0.1, -0.05) is 23.5 Å². The molecular weight excluding hydrogens is 438 g/mol.